The number of rotatable bonds is 17. The summed E-state index contributed by atoms with van der Waals surface area (Å²) in [6.45, 7) is 11.9. The second kappa shape index (κ2) is 16.6. The van der Waals surface area contributed by atoms with Crippen molar-refractivity contribution < 1.29 is 38.0 Å². The van der Waals surface area contributed by atoms with Gasteiger partial charge in [-0.25, -0.2) is 4.79 Å². The first kappa shape index (κ1) is 24.1. The third kappa shape index (κ3) is 16.9. The maximum atomic E-state index is 11.5. The highest BCUT2D eigenvalue weighted by Crippen LogP contribution is 1.99. The fourth-order valence-corrected chi connectivity index (χ4v) is 1.45. The number of esters is 2. The van der Waals surface area contributed by atoms with Crippen LogP contribution in [0.25, 0.3) is 0 Å². The van der Waals surface area contributed by atoms with E-state index in [1.807, 2.05) is 0 Å². The van der Waals surface area contributed by atoms with Crippen molar-refractivity contribution in [3.05, 3.63) is 24.5 Å². The summed E-state index contributed by atoms with van der Waals surface area (Å²) in [4.78, 5) is 22.5. The van der Waals surface area contributed by atoms with Crippen LogP contribution >= 0.6 is 0 Å². The summed E-state index contributed by atoms with van der Waals surface area (Å²) in [6, 6.07) is 0. The predicted molar refractivity (Wildman–Crippen MR) is 94.1 cm³/mol. The highest BCUT2D eigenvalue weighted by molar-refractivity contribution is 5.86. The molecule has 0 aromatic rings. The fraction of sp³-hybridized carbons (Fsp3) is 0.667. The first-order valence-corrected chi connectivity index (χ1v) is 8.43. The lowest BCUT2D eigenvalue weighted by Crippen LogP contribution is -2.13. The van der Waals surface area contributed by atoms with Crippen molar-refractivity contribution in [3.63, 3.8) is 0 Å². The first-order valence-electron chi connectivity index (χ1n) is 8.43. The van der Waals surface area contributed by atoms with Gasteiger partial charge in [-0.1, -0.05) is 13.2 Å². The van der Waals surface area contributed by atoms with Crippen LogP contribution in [-0.2, 0) is 38.0 Å². The Bertz CT molecular complexity index is 433. The highest BCUT2D eigenvalue weighted by Gasteiger charge is 2.03. The van der Waals surface area contributed by atoms with Gasteiger partial charge in [0.2, 0.25) is 0 Å². The topological polar surface area (TPSA) is 89.5 Å². The molecule has 0 aliphatic carbocycles. The largest absolute Gasteiger partial charge is 0.473 e. The summed E-state index contributed by atoms with van der Waals surface area (Å²) < 4.78 is 30.3. The van der Waals surface area contributed by atoms with Crippen molar-refractivity contribution in [2.45, 2.75) is 33.1 Å². The zero-order chi connectivity index (χ0) is 19.6. The van der Waals surface area contributed by atoms with Gasteiger partial charge in [-0.05, 0) is 26.7 Å². The molecule has 150 valence electrons. The van der Waals surface area contributed by atoms with Crippen LogP contribution in [0.5, 0.6) is 0 Å². The number of carbonyl (C=O) groups excluding carboxylic acids is 2. The van der Waals surface area contributed by atoms with Crippen LogP contribution in [0, 0.1) is 0 Å². The monoisotopic (exact) mass is 374 g/mol. The summed E-state index contributed by atoms with van der Waals surface area (Å²) in [6.07, 6.45) is 1.70. The molecule has 0 fully saturated rings. The van der Waals surface area contributed by atoms with Crippen molar-refractivity contribution in [1.82, 2.24) is 0 Å². The third-order valence-electron chi connectivity index (χ3n) is 2.77. The molecule has 0 radical (unpaired) electrons. The van der Waals surface area contributed by atoms with E-state index in [2.05, 4.69) is 13.2 Å². The number of unbranched alkanes of at least 4 members (excludes halogenated alkanes) is 1. The summed E-state index contributed by atoms with van der Waals surface area (Å²) >= 11 is 0. The lowest BCUT2D eigenvalue weighted by atomic mass is 10.2. The van der Waals surface area contributed by atoms with Crippen molar-refractivity contribution in [2.75, 3.05) is 46.6 Å². The van der Waals surface area contributed by atoms with E-state index in [-0.39, 0.29) is 46.0 Å². The van der Waals surface area contributed by atoms with Crippen molar-refractivity contribution in [3.8, 4) is 0 Å². The van der Waals surface area contributed by atoms with Gasteiger partial charge in [0.25, 0.3) is 0 Å². The molecule has 0 amide bonds. The minimum absolute atomic E-state index is 0.0998. The first-order chi connectivity index (χ1) is 12.4. The van der Waals surface area contributed by atoms with Gasteiger partial charge in [0.05, 0.1) is 19.0 Å². The van der Waals surface area contributed by atoms with E-state index in [4.69, 9.17) is 28.4 Å². The maximum Gasteiger partial charge on any atom is 0.333 e. The normalized spacial score (nSPS) is 10.2. The molecule has 0 aliphatic heterocycles. The van der Waals surface area contributed by atoms with Gasteiger partial charge >= 0.3 is 11.9 Å². The number of carbonyl (C=O) groups is 2. The Morgan fingerprint density at radius 3 is 2.00 bits per heavy atom. The molecule has 0 heterocycles. The van der Waals surface area contributed by atoms with E-state index in [0.717, 1.165) is 0 Å². The zero-order valence-electron chi connectivity index (χ0n) is 15.8. The molecule has 26 heavy (non-hydrogen) atoms. The van der Waals surface area contributed by atoms with Gasteiger partial charge in [0, 0.05) is 18.6 Å². The number of hydrogen-bond donors (Lipinski definition) is 0. The molecule has 0 aliphatic rings. The standard InChI is InChI=1S/C18H30O8/c1-15(2)18(20)25-12-10-22-13-21-8-6-5-7-17(19)24-11-9-23-14-26-16(3)4/h1,3,5-14H2,2,4H3. The van der Waals surface area contributed by atoms with Crippen LogP contribution in [0.15, 0.2) is 24.5 Å². The molecule has 0 atom stereocenters. The molecule has 0 spiro atoms. The number of ether oxygens (including phenoxy) is 6. The van der Waals surface area contributed by atoms with Crippen molar-refractivity contribution in [2.24, 2.45) is 0 Å². The summed E-state index contributed by atoms with van der Waals surface area (Å²) in [7, 11) is 0. The van der Waals surface area contributed by atoms with Crippen LogP contribution in [0.3, 0.4) is 0 Å². The average Bonchev–Trinajstić information content (AvgIpc) is 2.58. The average molecular weight is 374 g/mol. The molecular formula is C18H30O8. The number of hydrogen-bond acceptors (Lipinski definition) is 8. The van der Waals surface area contributed by atoms with E-state index in [0.29, 0.717) is 37.2 Å². The van der Waals surface area contributed by atoms with Gasteiger partial charge in [0.15, 0.2) is 6.79 Å². The Hall–Kier alpha value is -1.90. The van der Waals surface area contributed by atoms with E-state index in [1.165, 1.54) is 0 Å². The van der Waals surface area contributed by atoms with Crippen LogP contribution in [-0.4, -0.2) is 58.6 Å². The highest BCUT2D eigenvalue weighted by atomic mass is 16.7. The quantitative estimate of drug-likeness (QED) is 0.126. The van der Waals surface area contributed by atoms with Gasteiger partial charge in [-0.2, -0.15) is 0 Å². The SMILES string of the molecule is C=C(C)OCOCCOC(=O)CCCCOCOCCOC(=O)C(=C)C. The van der Waals surface area contributed by atoms with Gasteiger partial charge < -0.3 is 28.4 Å². The smallest absolute Gasteiger partial charge is 0.333 e. The predicted octanol–water partition coefficient (Wildman–Crippen LogP) is 2.33. The lowest BCUT2D eigenvalue weighted by molar-refractivity contribution is -0.147. The Labute approximate surface area is 155 Å². The van der Waals surface area contributed by atoms with Crippen LogP contribution in [0.4, 0.5) is 0 Å². The van der Waals surface area contributed by atoms with Crippen LogP contribution < -0.4 is 0 Å². The van der Waals surface area contributed by atoms with Crippen molar-refractivity contribution in [1.29, 1.82) is 0 Å². The second-order valence-electron chi connectivity index (χ2n) is 5.40. The summed E-state index contributed by atoms with van der Waals surface area (Å²) in [5, 5.41) is 0. The van der Waals surface area contributed by atoms with Gasteiger partial charge in [0.1, 0.15) is 20.0 Å². The van der Waals surface area contributed by atoms with Crippen LogP contribution in [0.2, 0.25) is 0 Å². The van der Waals surface area contributed by atoms with E-state index in [9.17, 15) is 9.59 Å². The van der Waals surface area contributed by atoms with Gasteiger partial charge in [-0.15, -0.1) is 0 Å². The molecule has 0 unspecified atom stereocenters. The molecule has 0 N–H and O–H groups in total. The molecule has 0 aromatic carbocycles. The lowest BCUT2D eigenvalue weighted by Gasteiger charge is -2.08. The van der Waals surface area contributed by atoms with E-state index >= 15 is 0 Å². The van der Waals surface area contributed by atoms with Gasteiger partial charge in [-0.3, -0.25) is 4.79 Å². The molecule has 8 nitrogen and oxygen atoms in total. The zero-order valence-corrected chi connectivity index (χ0v) is 15.8. The Balaban J connectivity index is 3.27. The molecule has 0 saturated heterocycles. The molecule has 8 heteroatoms. The molecule has 0 saturated carbocycles. The molecule has 0 bridgehead atoms. The Kier molecular flexibility index (Phi) is 15.4. The number of allylic oxidation sites excluding steroid dienone is 1. The fourth-order valence-electron chi connectivity index (χ4n) is 1.45. The minimum Gasteiger partial charge on any atom is -0.473 e. The Morgan fingerprint density at radius 2 is 1.35 bits per heavy atom. The summed E-state index contributed by atoms with van der Waals surface area (Å²) in [5.74, 6) is -0.140. The molecule has 0 aromatic heterocycles. The van der Waals surface area contributed by atoms with Crippen molar-refractivity contribution >= 4 is 11.9 Å². The van der Waals surface area contributed by atoms with E-state index < -0.39 is 5.97 Å². The summed E-state index contributed by atoms with van der Waals surface area (Å²) in [5.41, 5.74) is 0.351. The third-order valence-corrected chi connectivity index (χ3v) is 2.77. The van der Waals surface area contributed by atoms with E-state index in [1.54, 1.807) is 13.8 Å². The molecule has 0 rings (SSSR count). The molecular weight excluding hydrogens is 344 g/mol. The maximum absolute atomic E-state index is 11.5. The minimum atomic E-state index is -0.437. The van der Waals surface area contributed by atoms with Crippen LogP contribution in [0.1, 0.15) is 33.1 Å². The Morgan fingerprint density at radius 1 is 0.731 bits per heavy atom. The second-order valence-corrected chi connectivity index (χ2v) is 5.40.